The molecule has 0 bridgehead atoms. The summed E-state index contributed by atoms with van der Waals surface area (Å²) in [7, 11) is 0. The van der Waals surface area contributed by atoms with Crippen LogP contribution in [0.1, 0.15) is 29.3 Å². The second-order valence-corrected chi connectivity index (χ2v) is 5.01. The predicted octanol–water partition coefficient (Wildman–Crippen LogP) is 1.76. The van der Waals surface area contributed by atoms with Crippen molar-refractivity contribution in [3.8, 4) is 10.7 Å². The first-order valence-electron chi connectivity index (χ1n) is 5.37. The summed E-state index contributed by atoms with van der Waals surface area (Å²) in [5.41, 5.74) is 7.29. The topological polar surface area (TPSA) is 88.5 Å². The summed E-state index contributed by atoms with van der Waals surface area (Å²) in [6.45, 7) is 0. The minimum absolute atomic E-state index is 0.0968. The SMILES string of the molecule is N=C(N)c1sc(-c2cnccn2)nc1C1CC1. The van der Waals surface area contributed by atoms with Gasteiger partial charge in [0.05, 0.1) is 16.8 Å². The molecule has 3 N–H and O–H groups in total. The average Bonchev–Trinajstić information content (AvgIpc) is 3.09. The molecule has 1 fully saturated rings. The second kappa shape index (κ2) is 3.89. The van der Waals surface area contributed by atoms with Crippen LogP contribution in [0.4, 0.5) is 0 Å². The lowest BCUT2D eigenvalue weighted by molar-refractivity contribution is 1.04. The van der Waals surface area contributed by atoms with Crippen LogP contribution < -0.4 is 5.73 Å². The number of hydrogen-bond donors (Lipinski definition) is 2. The van der Waals surface area contributed by atoms with Crippen molar-refractivity contribution in [2.75, 3.05) is 0 Å². The van der Waals surface area contributed by atoms with Crippen LogP contribution in [0.3, 0.4) is 0 Å². The van der Waals surface area contributed by atoms with E-state index in [1.54, 1.807) is 18.6 Å². The molecule has 6 heteroatoms. The molecule has 3 rings (SSSR count). The molecule has 0 saturated heterocycles. The molecule has 5 nitrogen and oxygen atoms in total. The summed E-state index contributed by atoms with van der Waals surface area (Å²) in [5.74, 6) is 0.579. The molecule has 2 aromatic heterocycles. The largest absolute Gasteiger partial charge is 0.383 e. The summed E-state index contributed by atoms with van der Waals surface area (Å²) in [6, 6.07) is 0. The van der Waals surface area contributed by atoms with Crippen LogP contribution in [0.5, 0.6) is 0 Å². The van der Waals surface area contributed by atoms with Crippen LogP contribution >= 0.6 is 11.3 Å². The molecule has 17 heavy (non-hydrogen) atoms. The summed E-state index contributed by atoms with van der Waals surface area (Å²) in [5, 5.41) is 8.38. The van der Waals surface area contributed by atoms with Gasteiger partial charge in [0.1, 0.15) is 16.5 Å². The molecule has 0 radical (unpaired) electrons. The average molecular weight is 245 g/mol. The Labute approximate surface area is 102 Å². The number of thiazole rings is 1. The maximum atomic E-state index is 7.59. The van der Waals surface area contributed by atoms with Crippen molar-refractivity contribution < 1.29 is 0 Å². The first-order valence-corrected chi connectivity index (χ1v) is 6.19. The number of nitrogen functional groups attached to an aromatic ring is 1. The number of rotatable bonds is 3. The van der Waals surface area contributed by atoms with Gasteiger partial charge in [-0.3, -0.25) is 15.4 Å². The van der Waals surface area contributed by atoms with Gasteiger partial charge in [0.15, 0.2) is 0 Å². The van der Waals surface area contributed by atoms with Gasteiger partial charge in [0, 0.05) is 18.3 Å². The highest BCUT2D eigenvalue weighted by Crippen LogP contribution is 2.43. The molecule has 1 aliphatic rings. The highest BCUT2D eigenvalue weighted by molar-refractivity contribution is 7.17. The molecule has 0 aliphatic heterocycles. The fourth-order valence-electron chi connectivity index (χ4n) is 1.68. The van der Waals surface area contributed by atoms with Gasteiger partial charge in [0.2, 0.25) is 0 Å². The zero-order chi connectivity index (χ0) is 11.8. The van der Waals surface area contributed by atoms with Crippen LogP contribution in [0.15, 0.2) is 18.6 Å². The second-order valence-electron chi connectivity index (χ2n) is 4.01. The Kier molecular flexibility index (Phi) is 2.36. The highest BCUT2D eigenvalue weighted by Gasteiger charge is 2.30. The maximum Gasteiger partial charge on any atom is 0.144 e. The third-order valence-corrected chi connectivity index (χ3v) is 3.77. The van der Waals surface area contributed by atoms with Crippen molar-refractivity contribution in [1.82, 2.24) is 15.0 Å². The molecule has 2 aromatic rings. The highest BCUT2D eigenvalue weighted by atomic mass is 32.1. The Morgan fingerprint density at radius 3 is 2.82 bits per heavy atom. The Balaban J connectivity index is 2.07. The first kappa shape index (κ1) is 10.3. The van der Waals surface area contributed by atoms with E-state index in [0.29, 0.717) is 5.92 Å². The summed E-state index contributed by atoms with van der Waals surface area (Å²) < 4.78 is 0. The third kappa shape index (κ3) is 1.91. The lowest BCUT2D eigenvalue weighted by Crippen LogP contribution is -2.11. The lowest BCUT2D eigenvalue weighted by atomic mass is 10.2. The van der Waals surface area contributed by atoms with Crippen molar-refractivity contribution in [2.24, 2.45) is 5.73 Å². The van der Waals surface area contributed by atoms with Crippen LogP contribution in [0.2, 0.25) is 0 Å². The van der Waals surface area contributed by atoms with E-state index in [4.69, 9.17) is 11.1 Å². The van der Waals surface area contributed by atoms with E-state index in [2.05, 4.69) is 15.0 Å². The van der Waals surface area contributed by atoms with Crippen molar-refractivity contribution >= 4 is 17.2 Å². The molecule has 0 amide bonds. The number of nitrogens with zero attached hydrogens (tertiary/aromatic N) is 3. The van der Waals surface area contributed by atoms with Gasteiger partial charge in [-0.15, -0.1) is 11.3 Å². The van der Waals surface area contributed by atoms with Gasteiger partial charge < -0.3 is 5.73 Å². The number of aromatic nitrogens is 3. The monoisotopic (exact) mass is 245 g/mol. The zero-order valence-corrected chi connectivity index (χ0v) is 9.87. The summed E-state index contributed by atoms with van der Waals surface area (Å²) in [4.78, 5) is 13.6. The van der Waals surface area contributed by atoms with Crippen molar-refractivity contribution in [1.29, 1.82) is 5.41 Å². The van der Waals surface area contributed by atoms with Crippen molar-refractivity contribution in [3.05, 3.63) is 29.2 Å². The summed E-state index contributed by atoms with van der Waals surface area (Å²) >= 11 is 1.43. The van der Waals surface area contributed by atoms with E-state index in [0.717, 1.165) is 34.1 Å². The van der Waals surface area contributed by atoms with Gasteiger partial charge in [-0.1, -0.05) is 0 Å². The van der Waals surface area contributed by atoms with Crippen LogP contribution in [-0.2, 0) is 0 Å². The molecular formula is C11H11N5S. The zero-order valence-electron chi connectivity index (χ0n) is 9.05. The number of amidine groups is 1. The predicted molar refractivity (Wildman–Crippen MR) is 66.1 cm³/mol. The van der Waals surface area contributed by atoms with E-state index >= 15 is 0 Å². The van der Waals surface area contributed by atoms with Gasteiger partial charge >= 0.3 is 0 Å². The Hall–Kier alpha value is -1.82. The van der Waals surface area contributed by atoms with E-state index in [9.17, 15) is 0 Å². The van der Waals surface area contributed by atoms with Gasteiger partial charge in [-0.05, 0) is 12.8 Å². The molecule has 0 unspecified atom stereocenters. The minimum atomic E-state index is 0.0968. The molecule has 0 spiro atoms. The van der Waals surface area contributed by atoms with E-state index in [-0.39, 0.29) is 5.84 Å². The first-order chi connectivity index (χ1) is 8.25. The number of nitrogens with two attached hydrogens (primary N) is 1. The van der Waals surface area contributed by atoms with E-state index < -0.39 is 0 Å². The molecule has 1 saturated carbocycles. The maximum absolute atomic E-state index is 7.59. The van der Waals surface area contributed by atoms with Gasteiger partial charge in [0.25, 0.3) is 0 Å². The molecule has 0 aromatic carbocycles. The van der Waals surface area contributed by atoms with Gasteiger partial charge in [-0.25, -0.2) is 4.98 Å². The fourth-order valence-corrected chi connectivity index (χ4v) is 2.65. The molecule has 2 heterocycles. The van der Waals surface area contributed by atoms with Crippen molar-refractivity contribution in [3.63, 3.8) is 0 Å². The fraction of sp³-hybridized carbons (Fsp3) is 0.273. The minimum Gasteiger partial charge on any atom is -0.383 e. The Morgan fingerprint density at radius 2 is 2.24 bits per heavy atom. The van der Waals surface area contributed by atoms with Crippen LogP contribution in [0, 0.1) is 5.41 Å². The summed E-state index contributed by atoms with van der Waals surface area (Å²) in [6.07, 6.45) is 7.24. The van der Waals surface area contributed by atoms with E-state index in [1.807, 2.05) is 0 Å². The Bertz CT molecular complexity index is 558. The number of hydrogen-bond acceptors (Lipinski definition) is 5. The smallest absolute Gasteiger partial charge is 0.144 e. The number of nitrogens with one attached hydrogen (secondary N) is 1. The third-order valence-electron chi connectivity index (χ3n) is 2.64. The van der Waals surface area contributed by atoms with Gasteiger partial charge in [-0.2, -0.15) is 0 Å². The van der Waals surface area contributed by atoms with Crippen molar-refractivity contribution in [2.45, 2.75) is 18.8 Å². The standard InChI is InChI=1S/C11H11N5S/c12-10(13)9-8(6-1-2-6)16-11(17-9)7-5-14-3-4-15-7/h3-6H,1-2H2,(H3,12,13). The molecular weight excluding hydrogens is 234 g/mol. The Morgan fingerprint density at radius 1 is 1.41 bits per heavy atom. The van der Waals surface area contributed by atoms with Crippen LogP contribution in [0.25, 0.3) is 10.7 Å². The normalized spacial score (nSPS) is 14.8. The molecule has 1 aliphatic carbocycles. The molecule has 86 valence electrons. The molecule has 0 atom stereocenters. The van der Waals surface area contributed by atoms with Crippen LogP contribution in [-0.4, -0.2) is 20.8 Å². The van der Waals surface area contributed by atoms with E-state index in [1.165, 1.54) is 11.3 Å². The lowest BCUT2D eigenvalue weighted by Gasteiger charge is -1.95. The quantitative estimate of drug-likeness (QED) is 0.637.